The Bertz CT molecular complexity index is 3120. The van der Waals surface area contributed by atoms with Crippen LogP contribution in [-0.4, -0.2) is 6.54 Å². The molecule has 1 aliphatic rings. The number of benzene rings is 7. The van der Waals surface area contributed by atoms with Crippen LogP contribution < -0.4 is 16.4 Å². The number of fused-ring (bicyclic) bond motifs is 9. The molecule has 4 N–H and O–H groups in total. The highest BCUT2D eigenvalue weighted by Crippen LogP contribution is 2.45. The van der Waals surface area contributed by atoms with Gasteiger partial charge in [0.1, 0.15) is 22.5 Å². The third kappa shape index (κ3) is 5.88. The Balaban J connectivity index is 0.958. The second kappa shape index (κ2) is 14.0. The van der Waals surface area contributed by atoms with Crippen molar-refractivity contribution >= 4 is 70.5 Å². The first kappa shape index (κ1) is 34.0. The second-order valence-corrected chi connectivity index (χ2v) is 16.1. The van der Waals surface area contributed by atoms with Gasteiger partial charge in [-0.25, -0.2) is 0 Å². The lowest BCUT2D eigenvalue weighted by Crippen LogP contribution is -2.41. The fourth-order valence-corrected chi connectivity index (χ4v) is 9.83. The first-order valence-corrected chi connectivity index (χ1v) is 20.4. The van der Waals surface area contributed by atoms with Gasteiger partial charge in [-0.15, -0.1) is 11.3 Å². The minimum atomic E-state index is -0.332. The van der Waals surface area contributed by atoms with Gasteiger partial charge in [0.2, 0.25) is 0 Å². The van der Waals surface area contributed by atoms with Crippen molar-refractivity contribution in [2.24, 2.45) is 5.73 Å². The van der Waals surface area contributed by atoms with E-state index in [1.807, 2.05) is 35.6 Å². The maximum atomic E-state index is 6.98. The summed E-state index contributed by atoms with van der Waals surface area (Å²) >= 11 is 1.84. The lowest BCUT2D eigenvalue weighted by molar-refractivity contribution is 0.363. The summed E-state index contributed by atoms with van der Waals surface area (Å²) in [6.07, 6.45) is 4.88. The van der Waals surface area contributed by atoms with E-state index in [1.54, 1.807) is 0 Å². The molecule has 6 heteroatoms. The largest absolute Gasteiger partial charge is 0.459 e. The number of allylic oxidation sites excluding steroid dienone is 1. The average Bonchev–Trinajstić information content (AvgIpc) is 3.97. The van der Waals surface area contributed by atoms with Crippen molar-refractivity contribution in [2.75, 3.05) is 6.54 Å². The molecular formula is C51H39N3O2S. The summed E-state index contributed by atoms with van der Waals surface area (Å²) in [6, 6.07) is 55.5. The van der Waals surface area contributed by atoms with E-state index in [2.05, 4.69) is 156 Å². The number of furan rings is 2. The van der Waals surface area contributed by atoms with Gasteiger partial charge in [-0.2, -0.15) is 0 Å². The van der Waals surface area contributed by atoms with Gasteiger partial charge in [0.15, 0.2) is 0 Å². The van der Waals surface area contributed by atoms with E-state index in [4.69, 9.17) is 14.6 Å². The third-order valence-electron chi connectivity index (χ3n) is 11.6. The zero-order valence-electron chi connectivity index (χ0n) is 31.1. The summed E-state index contributed by atoms with van der Waals surface area (Å²) < 4.78 is 16.5. The summed E-state index contributed by atoms with van der Waals surface area (Å²) in [6.45, 7) is 0.704. The van der Waals surface area contributed by atoms with Crippen LogP contribution in [0.3, 0.4) is 0 Å². The van der Waals surface area contributed by atoms with Crippen LogP contribution in [0.25, 0.3) is 81.4 Å². The highest BCUT2D eigenvalue weighted by molar-refractivity contribution is 7.25. The van der Waals surface area contributed by atoms with Gasteiger partial charge in [0.25, 0.3) is 0 Å². The lowest BCUT2D eigenvalue weighted by Gasteiger charge is -2.27. The van der Waals surface area contributed by atoms with Crippen LogP contribution in [0.1, 0.15) is 47.1 Å². The number of nitrogens with two attached hydrogens (primary N) is 1. The van der Waals surface area contributed by atoms with Crippen molar-refractivity contribution in [2.45, 2.75) is 24.7 Å². The van der Waals surface area contributed by atoms with E-state index >= 15 is 0 Å². The summed E-state index contributed by atoms with van der Waals surface area (Å²) in [5, 5.41) is 13.3. The fraction of sp³-hybridized carbons (Fsp3) is 0.0980. The minimum Gasteiger partial charge on any atom is -0.459 e. The molecule has 0 bridgehead atoms. The Kier molecular flexibility index (Phi) is 8.37. The van der Waals surface area contributed by atoms with E-state index in [9.17, 15) is 0 Å². The fourth-order valence-electron chi connectivity index (χ4n) is 8.75. The maximum Gasteiger partial charge on any atom is 0.143 e. The molecular weight excluding hydrogens is 719 g/mol. The summed E-state index contributed by atoms with van der Waals surface area (Å²) in [4.78, 5) is 0. The van der Waals surface area contributed by atoms with Crippen molar-refractivity contribution in [1.82, 2.24) is 10.6 Å². The number of nitrogens with one attached hydrogen (secondary N) is 2. The third-order valence-corrected chi connectivity index (χ3v) is 12.7. The molecule has 0 saturated carbocycles. The lowest BCUT2D eigenvalue weighted by atomic mass is 9.91. The highest BCUT2D eigenvalue weighted by Gasteiger charge is 2.27. The van der Waals surface area contributed by atoms with Crippen LogP contribution in [0.2, 0.25) is 0 Å². The molecule has 1 aliphatic carbocycles. The summed E-state index contributed by atoms with van der Waals surface area (Å²) in [5.41, 5.74) is 16.9. The van der Waals surface area contributed by atoms with Gasteiger partial charge in [0, 0.05) is 71.0 Å². The molecule has 7 aromatic carbocycles. The van der Waals surface area contributed by atoms with E-state index in [1.165, 1.54) is 20.2 Å². The molecule has 276 valence electrons. The zero-order valence-corrected chi connectivity index (χ0v) is 31.9. The Hall–Kier alpha value is -6.28. The van der Waals surface area contributed by atoms with Gasteiger partial charge in [-0.1, -0.05) is 152 Å². The molecule has 3 aromatic heterocycles. The standard InChI is InChI=1S/C51H39N3O2S/c52-50(31-13-3-1-4-14-31)54-51(32-15-5-2-6-16-32)53-30-34-17-9-20-37-38-22-11-24-41(48(38)55-46(34)37)42-25-12-23-40-39-21-10-19-35(47(39)56-49(40)42)33-27-28-45-43(29-33)36-18-7-8-26-44(36)57-45/h1-16,18-29,34,50-51,53-54H,17,30,52H2. The molecule has 5 nitrogen and oxygen atoms in total. The normalized spacial score (nSPS) is 15.2. The van der Waals surface area contributed by atoms with E-state index < -0.39 is 0 Å². The molecule has 0 fully saturated rings. The van der Waals surface area contributed by atoms with E-state index in [0.29, 0.717) is 6.54 Å². The molecule has 0 spiro atoms. The Morgan fingerprint density at radius 2 is 1.19 bits per heavy atom. The molecule has 0 saturated heterocycles. The molecule has 0 aliphatic heterocycles. The van der Waals surface area contributed by atoms with Crippen LogP contribution in [-0.2, 0) is 0 Å². The second-order valence-electron chi connectivity index (χ2n) is 15.0. The van der Waals surface area contributed by atoms with Gasteiger partial charge < -0.3 is 14.6 Å². The van der Waals surface area contributed by atoms with Crippen molar-refractivity contribution in [3.05, 3.63) is 186 Å². The first-order chi connectivity index (χ1) is 28.2. The molecule has 11 rings (SSSR count). The number of hydrogen-bond acceptors (Lipinski definition) is 6. The smallest absolute Gasteiger partial charge is 0.143 e. The van der Waals surface area contributed by atoms with E-state index in [-0.39, 0.29) is 18.2 Å². The van der Waals surface area contributed by atoms with Crippen LogP contribution in [0.4, 0.5) is 0 Å². The van der Waals surface area contributed by atoms with Crippen molar-refractivity contribution < 1.29 is 8.83 Å². The molecule has 3 heterocycles. The topological polar surface area (TPSA) is 76.4 Å². The van der Waals surface area contributed by atoms with Crippen molar-refractivity contribution in [3.8, 4) is 22.3 Å². The van der Waals surface area contributed by atoms with E-state index in [0.717, 1.165) is 84.0 Å². The van der Waals surface area contributed by atoms with Crippen LogP contribution in [0.15, 0.2) is 173 Å². The van der Waals surface area contributed by atoms with Crippen LogP contribution in [0, 0.1) is 0 Å². The first-order valence-electron chi connectivity index (χ1n) is 19.6. The number of rotatable bonds is 9. The SMILES string of the molecule is NC(NC(NCC1CC=Cc2c1oc1c(-c3cccc4c3oc3c(-c5ccc6sc7ccccc7c6c5)cccc34)cccc21)c1ccccc1)c1ccccc1. The highest BCUT2D eigenvalue weighted by atomic mass is 32.1. The molecule has 57 heavy (non-hydrogen) atoms. The molecule has 10 aromatic rings. The van der Waals surface area contributed by atoms with Crippen LogP contribution in [0.5, 0.6) is 0 Å². The van der Waals surface area contributed by atoms with Gasteiger partial charge in [-0.05, 0) is 41.3 Å². The van der Waals surface area contributed by atoms with Gasteiger partial charge >= 0.3 is 0 Å². The quantitative estimate of drug-likeness (QED) is 0.128. The Morgan fingerprint density at radius 3 is 1.96 bits per heavy atom. The van der Waals surface area contributed by atoms with Crippen molar-refractivity contribution in [1.29, 1.82) is 0 Å². The molecule has 3 atom stereocenters. The average molecular weight is 758 g/mol. The summed E-state index contributed by atoms with van der Waals surface area (Å²) in [7, 11) is 0. The number of para-hydroxylation sites is 3. The van der Waals surface area contributed by atoms with Gasteiger partial charge in [0.05, 0.1) is 12.3 Å². The Morgan fingerprint density at radius 1 is 0.579 bits per heavy atom. The predicted molar refractivity (Wildman–Crippen MR) is 237 cm³/mol. The predicted octanol–water partition coefficient (Wildman–Crippen LogP) is 13.1. The number of thiophene rings is 1. The number of hydrogen-bond donors (Lipinski definition) is 3. The summed E-state index contributed by atoms with van der Waals surface area (Å²) in [5.74, 6) is 1.13. The maximum absolute atomic E-state index is 6.98. The Labute approximate surface area is 334 Å². The monoisotopic (exact) mass is 757 g/mol. The van der Waals surface area contributed by atoms with Crippen molar-refractivity contribution in [3.63, 3.8) is 0 Å². The van der Waals surface area contributed by atoms with Gasteiger partial charge in [-0.3, -0.25) is 10.6 Å². The van der Waals surface area contributed by atoms with Crippen LogP contribution >= 0.6 is 11.3 Å². The molecule has 3 unspecified atom stereocenters. The molecule has 0 radical (unpaired) electrons. The minimum absolute atomic E-state index is 0.133. The zero-order chi connectivity index (χ0) is 37.9. The molecule has 0 amide bonds.